The van der Waals surface area contributed by atoms with Crippen LogP contribution in [-0.4, -0.2) is 38.8 Å². The Bertz CT molecular complexity index is 166. The van der Waals surface area contributed by atoms with Crippen molar-refractivity contribution in [2.75, 3.05) is 13.1 Å². The molecule has 0 aromatic carbocycles. The lowest BCUT2D eigenvalue weighted by molar-refractivity contribution is 0.173. The number of rotatable bonds is 7. The number of hydrogen-bond acceptors (Lipinski definition) is 3. The second-order valence-corrected chi connectivity index (χ2v) is 4.67. The molecule has 0 radical (unpaired) electrons. The predicted molar refractivity (Wildman–Crippen MR) is 58.5 cm³/mol. The Kier molecular flexibility index (Phi) is 7.35. The Hall–Kier alpha value is 0.0300. The van der Waals surface area contributed by atoms with Gasteiger partial charge >= 0.3 is 0 Å². The first kappa shape index (κ1) is 14.0. The van der Waals surface area contributed by atoms with Gasteiger partial charge in [-0.05, 0) is 40.7 Å². The summed E-state index contributed by atoms with van der Waals surface area (Å²) in [6, 6.07) is 1.01. The van der Waals surface area contributed by atoms with Crippen molar-refractivity contribution < 1.29 is 8.76 Å². The maximum atomic E-state index is 10.2. The SMILES string of the molecule is CC(C)N(CCCNS(=O)[O-])C(C)C. The third-order valence-corrected chi connectivity index (χ3v) is 2.58. The standard InChI is InChI=1S/C9H22N2O2S/c1-8(2)11(9(3)4)7-5-6-10-14(12)13/h8-10H,5-7H2,1-4H3,(H,12,13)/p-1. The molecule has 4 nitrogen and oxygen atoms in total. The Morgan fingerprint density at radius 3 is 2.14 bits per heavy atom. The van der Waals surface area contributed by atoms with Gasteiger partial charge < -0.3 is 4.55 Å². The molecule has 0 fully saturated rings. The fourth-order valence-electron chi connectivity index (χ4n) is 1.53. The second kappa shape index (κ2) is 7.34. The van der Waals surface area contributed by atoms with Crippen LogP contribution in [-0.2, 0) is 11.3 Å². The largest absolute Gasteiger partial charge is 0.760 e. The Balaban J connectivity index is 3.67. The third kappa shape index (κ3) is 6.48. The van der Waals surface area contributed by atoms with Crippen LogP contribution >= 0.6 is 0 Å². The van der Waals surface area contributed by atoms with Gasteiger partial charge in [0, 0.05) is 29.9 Å². The molecule has 0 saturated heterocycles. The zero-order valence-corrected chi connectivity index (χ0v) is 10.3. The van der Waals surface area contributed by atoms with Gasteiger partial charge in [0.05, 0.1) is 0 Å². The Morgan fingerprint density at radius 2 is 1.79 bits per heavy atom. The van der Waals surface area contributed by atoms with Crippen molar-refractivity contribution in [1.82, 2.24) is 9.62 Å². The van der Waals surface area contributed by atoms with Crippen LogP contribution in [0.1, 0.15) is 34.1 Å². The fourth-order valence-corrected chi connectivity index (χ4v) is 1.84. The maximum absolute atomic E-state index is 10.2. The number of nitrogens with zero attached hydrogens (tertiary/aromatic N) is 1. The van der Waals surface area contributed by atoms with Crippen molar-refractivity contribution in [3.63, 3.8) is 0 Å². The van der Waals surface area contributed by atoms with Crippen LogP contribution in [0, 0.1) is 0 Å². The molecular formula is C9H21N2O2S-. The molecule has 1 unspecified atom stereocenters. The third-order valence-electron chi connectivity index (χ3n) is 2.14. The highest BCUT2D eigenvalue weighted by Crippen LogP contribution is 2.04. The smallest absolute Gasteiger partial charge is 0.0181 e. The summed E-state index contributed by atoms with van der Waals surface area (Å²) in [7, 11) is 0. The van der Waals surface area contributed by atoms with Gasteiger partial charge in [-0.2, -0.15) is 0 Å². The van der Waals surface area contributed by atoms with E-state index in [0.717, 1.165) is 13.0 Å². The van der Waals surface area contributed by atoms with E-state index in [4.69, 9.17) is 0 Å². The zero-order chi connectivity index (χ0) is 11.1. The summed E-state index contributed by atoms with van der Waals surface area (Å²) in [5, 5.41) is 0. The quantitative estimate of drug-likeness (QED) is 0.513. The van der Waals surface area contributed by atoms with Gasteiger partial charge in [-0.3, -0.25) is 9.11 Å². The van der Waals surface area contributed by atoms with Crippen molar-refractivity contribution in [2.24, 2.45) is 0 Å². The Morgan fingerprint density at radius 1 is 1.29 bits per heavy atom. The van der Waals surface area contributed by atoms with Gasteiger partial charge in [0.2, 0.25) is 0 Å². The number of nitrogens with one attached hydrogen (secondary N) is 1. The van der Waals surface area contributed by atoms with Crippen LogP contribution < -0.4 is 4.72 Å². The van der Waals surface area contributed by atoms with E-state index in [-0.39, 0.29) is 0 Å². The first-order valence-electron chi connectivity index (χ1n) is 5.03. The van der Waals surface area contributed by atoms with Gasteiger partial charge in [0.1, 0.15) is 0 Å². The van der Waals surface area contributed by atoms with Crippen molar-refractivity contribution >= 4 is 11.3 Å². The lowest BCUT2D eigenvalue weighted by Gasteiger charge is -2.30. The average molecular weight is 221 g/mol. The van der Waals surface area contributed by atoms with E-state index < -0.39 is 11.3 Å². The van der Waals surface area contributed by atoms with Gasteiger partial charge in [-0.15, -0.1) is 0 Å². The summed E-state index contributed by atoms with van der Waals surface area (Å²) >= 11 is -2.12. The number of hydrogen-bond donors (Lipinski definition) is 1. The molecule has 0 amide bonds. The summed E-state index contributed by atoms with van der Waals surface area (Å²) in [6.45, 7) is 10.1. The maximum Gasteiger partial charge on any atom is 0.0181 e. The molecule has 0 aromatic heterocycles. The summed E-state index contributed by atoms with van der Waals surface area (Å²) < 4.78 is 22.7. The van der Waals surface area contributed by atoms with Crippen molar-refractivity contribution in [3.05, 3.63) is 0 Å². The molecule has 0 saturated carbocycles. The minimum atomic E-state index is -2.12. The lowest BCUT2D eigenvalue weighted by atomic mass is 10.2. The van der Waals surface area contributed by atoms with E-state index in [9.17, 15) is 8.76 Å². The van der Waals surface area contributed by atoms with E-state index in [2.05, 4.69) is 37.3 Å². The van der Waals surface area contributed by atoms with Crippen LogP contribution in [0.2, 0.25) is 0 Å². The second-order valence-electron chi connectivity index (χ2n) is 3.91. The molecule has 0 heterocycles. The zero-order valence-electron chi connectivity index (χ0n) is 9.45. The molecule has 0 spiro atoms. The normalized spacial score (nSPS) is 14.3. The van der Waals surface area contributed by atoms with Crippen LogP contribution in [0.15, 0.2) is 0 Å². The monoisotopic (exact) mass is 221 g/mol. The molecule has 0 aliphatic heterocycles. The fraction of sp³-hybridized carbons (Fsp3) is 1.00. The highest BCUT2D eigenvalue weighted by molar-refractivity contribution is 7.77. The van der Waals surface area contributed by atoms with Crippen LogP contribution in [0.4, 0.5) is 0 Å². The van der Waals surface area contributed by atoms with E-state index in [1.54, 1.807) is 0 Å². The van der Waals surface area contributed by atoms with Gasteiger partial charge in [-0.1, -0.05) is 0 Å². The van der Waals surface area contributed by atoms with Crippen molar-refractivity contribution in [3.8, 4) is 0 Å². The molecule has 1 N–H and O–H groups in total. The van der Waals surface area contributed by atoms with Crippen LogP contribution in [0.25, 0.3) is 0 Å². The van der Waals surface area contributed by atoms with E-state index in [1.807, 2.05) is 0 Å². The lowest BCUT2D eigenvalue weighted by Crippen LogP contribution is -2.38. The minimum absolute atomic E-state index is 0.507. The molecule has 0 aromatic rings. The van der Waals surface area contributed by atoms with Crippen molar-refractivity contribution in [2.45, 2.75) is 46.2 Å². The molecule has 1 atom stereocenters. The van der Waals surface area contributed by atoms with Crippen molar-refractivity contribution in [1.29, 1.82) is 0 Å². The molecule has 0 aliphatic rings. The molecule has 0 rings (SSSR count). The predicted octanol–water partition coefficient (Wildman–Crippen LogP) is 0.879. The molecule has 86 valence electrons. The molecule has 0 bridgehead atoms. The first-order chi connectivity index (χ1) is 6.45. The Labute approximate surface area is 89.5 Å². The minimum Gasteiger partial charge on any atom is -0.760 e. The molecular weight excluding hydrogens is 200 g/mol. The van der Waals surface area contributed by atoms with Gasteiger partial charge in [0.25, 0.3) is 0 Å². The van der Waals surface area contributed by atoms with Gasteiger partial charge in [-0.25, -0.2) is 4.72 Å². The molecule has 0 aliphatic carbocycles. The van der Waals surface area contributed by atoms with E-state index in [1.165, 1.54) is 0 Å². The highest BCUT2D eigenvalue weighted by atomic mass is 32.2. The summed E-state index contributed by atoms with van der Waals surface area (Å²) in [6.07, 6.45) is 0.852. The summed E-state index contributed by atoms with van der Waals surface area (Å²) in [5.74, 6) is 0. The molecule has 5 heteroatoms. The summed E-state index contributed by atoms with van der Waals surface area (Å²) in [4.78, 5) is 2.34. The average Bonchev–Trinajstić information content (AvgIpc) is 2.01. The summed E-state index contributed by atoms with van der Waals surface area (Å²) in [5.41, 5.74) is 0. The first-order valence-corrected chi connectivity index (χ1v) is 6.11. The highest BCUT2D eigenvalue weighted by Gasteiger charge is 2.11. The topological polar surface area (TPSA) is 55.4 Å². The van der Waals surface area contributed by atoms with E-state index in [0.29, 0.717) is 18.6 Å². The molecule has 14 heavy (non-hydrogen) atoms. The van der Waals surface area contributed by atoms with Gasteiger partial charge in [0.15, 0.2) is 0 Å². The van der Waals surface area contributed by atoms with E-state index >= 15 is 0 Å². The van der Waals surface area contributed by atoms with Crippen LogP contribution in [0.5, 0.6) is 0 Å². The van der Waals surface area contributed by atoms with Crippen LogP contribution in [0.3, 0.4) is 0 Å².